The SMILES string of the molecule is Cc1cc(-c2nnc(NC(=O)c3ccc(Br)cc3)o2)nn1C. The van der Waals surface area contributed by atoms with Gasteiger partial charge in [0, 0.05) is 22.8 Å². The van der Waals surface area contributed by atoms with E-state index in [9.17, 15) is 4.79 Å². The van der Waals surface area contributed by atoms with Crippen LogP contribution < -0.4 is 5.32 Å². The molecule has 0 atom stereocenters. The Hall–Kier alpha value is -2.48. The number of nitrogens with one attached hydrogen (secondary N) is 1. The normalized spacial score (nSPS) is 10.7. The Balaban J connectivity index is 1.76. The van der Waals surface area contributed by atoms with Crippen LogP contribution in [0.25, 0.3) is 11.6 Å². The molecule has 2 aromatic heterocycles. The number of hydrogen-bond donors (Lipinski definition) is 1. The van der Waals surface area contributed by atoms with Crippen molar-refractivity contribution in [3.05, 3.63) is 46.1 Å². The summed E-state index contributed by atoms with van der Waals surface area (Å²) in [6, 6.07) is 8.81. The Labute approximate surface area is 134 Å². The lowest BCUT2D eigenvalue weighted by Gasteiger charge is -2.00. The van der Waals surface area contributed by atoms with E-state index in [4.69, 9.17) is 4.42 Å². The van der Waals surface area contributed by atoms with Crippen LogP contribution in [0.3, 0.4) is 0 Å². The molecule has 0 aliphatic heterocycles. The number of benzene rings is 1. The maximum atomic E-state index is 12.1. The quantitative estimate of drug-likeness (QED) is 0.774. The van der Waals surface area contributed by atoms with Gasteiger partial charge in [0.05, 0.1) is 0 Å². The van der Waals surface area contributed by atoms with Gasteiger partial charge in [-0.1, -0.05) is 21.0 Å². The van der Waals surface area contributed by atoms with Gasteiger partial charge in [-0.2, -0.15) is 5.10 Å². The van der Waals surface area contributed by atoms with Gasteiger partial charge in [0.1, 0.15) is 5.69 Å². The van der Waals surface area contributed by atoms with Crippen LogP contribution in [0, 0.1) is 6.92 Å². The van der Waals surface area contributed by atoms with Gasteiger partial charge < -0.3 is 4.42 Å². The molecule has 22 heavy (non-hydrogen) atoms. The van der Waals surface area contributed by atoms with Crippen molar-refractivity contribution >= 4 is 27.9 Å². The van der Waals surface area contributed by atoms with Crippen molar-refractivity contribution in [3.63, 3.8) is 0 Å². The second kappa shape index (κ2) is 5.72. The molecule has 1 aromatic carbocycles. The number of amides is 1. The van der Waals surface area contributed by atoms with Gasteiger partial charge >= 0.3 is 6.01 Å². The van der Waals surface area contributed by atoms with E-state index in [2.05, 4.69) is 36.5 Å². The number of rotatable bonds is 3. The molecule has 0 saturated carbocycles. The van der Waals surface area contributed by atoms with E-state index < -0.39 is 0 Å². The first-order chi connectivity index (χ1) is 10.5. The molecular formula is C14H12BrN5O2. The smallest absolute Gasteiger partial charge is 0.322 e. The van der Waals surface area contributed by atoms with Crippen LogP contribution in [0.15, 0.2) is 39.2 Å². The predicted octanol–water partition coefficient (Wildman–Crippen LogP) is 2.79. The molecule has 0 bridgehead atoms. The molecule has 2 heterocycles. The number of nitrogens with zero attached hydrogens (tertiary/aromatic N) is 4. The Morgan fingerprint density at radius 3 is 2.64 bits per heavy atom. The number of carbonyl (C=O) groups is 1. The van der Waals surface area contributed by atoms with Crippen molar-refractivity contribution in [3.8, 4) is 11.6 Å². The zero-order valence-electron chi connectivity index (χ0n) is 11.9. The summed E-state index contributed by atoms with van der Waals surface area (Å²) >= 11 is 3.32. The van der Waals surface area contributed by atoms with Crippen LogP contribution in [-0.4, -0.2) is 25.9 Å². The molecule has 0 aliphatic carbocycles. The number of hydrogen-bond acceptors (Lipinski definition) is 5. The Morgan fingerprint density at radius 1 is 1.27 bits per heavy atom. The van der Waals surface area contributed by atoms with E-state index in [1.807, 2.05) is 20.0 Å². The van der Waals surface area contributed by atoms with Crippen LogP contribution in [0.5, 0.6) is 0 Å². The summed E-state index contributed by atoms with van der Waals surface area (Å²) in [7, 11) is 1.82. The molecule has 0 fully saturated rings. The lowest BCUT2D eigenvalue weighted by atomic mass is 10.2. The van der Waals surface area contributed by atoms with Gasteiger partial charge in [-0.15, -0.1) is 5.10 Å². The van der Waals surface area contributed by atoms with Crippen molar-refractivity contribution in [2.75, 3.05) is 5.32 Å². The zero-order chi connectivity index (χ0) is 15.7. The van der Waals surface area contributed by atoms with Crippen molar-refractivity contribution in [1.29, 1.82) is 0 Å². The number of halogens is 1. The largest absolute Gasteiger partial charge is 0.401 e. The molecule has 112 valence electrons. The standard InChI is InChI=1S/C14H12BrN5O2/c1-8-7-11(19-20(8)2)13-17-18-14(22-13)16-12(21)9-3-5-10(15)6-4-9/h3-7H,1-2H3,(H,16,18,21). The number of aryl methyl sites for hydroxylation is 2. The van der Waals surface area contributed by atoms with E-state index in [-0.39, 0.29) is 17.8 Å². The number of anilines is 1. The Morgan fingerprint density at radius 2 is 2.00 bits per heavy atom. The number of aromatic nitrogens is 4. The van der Waals surface area contributed by atoms with Crippen molar-refractivity contribution in [1.82, 2.24) is 20.0 Å². The minimum Gasteiger partial charge on any atom is -0.401 e. The van der Waals surface area contributed by atoms with Crippen LogP contribution in [-0.2, 0) is 7.05 Å². The zero-order valence-corrected chi connectivity index (χ0v) is 13.5. The summed E-state index contributed by atoms with van der Waals surface area (Å²) < 4.78 is 8.02. The topological polar surface area (TPSA) is 85.8 Å². The molecule has 1 N–H and O–H groups in total. The second-order valence-electron chi connectivity index (χ2n) is 4.67. The highest BCUT2D eigenvalue weighted by molar-refractivity contribution is 9.10. The van der Waals surface area contributed by atoms with Crippen LogP contribution in [0.2, 0.25) is 0 Å². The highest BCUT2D eigenvalue weighted by Gasteiger charge is 2.15. The first-order valence-electron chi connectivity index (χ1n) is 6.44. The first kappa shape index (κ1) is 14.5. The highest BCUT2D eigenvalue weighted by Crippen LogP contribution is 2.19. The number of carbonyl (C=O) groups excluding carboxylic acids is 1. The van der Waals surface area contributed by atoms with E-state index in [1.54, 1.807) is 28.9 Å². The summed E-state index contributed by atoms with van der Waals surface area (Å²) in [6.07, 6.45) is 0. The van der Waals surface area contributed by atoms with Crippen LogP contribution in [0.1, 0.15) is 16.1 Å². The lowest BCUT2D eigenvalue weighted by Crippen LogP contribution is -2.11. The van der Waals surface area contributed by atoms with E-state index in [0.717, 1.165) is 10.2 Å². The van der Waals surface area contributed by atoms with Gasteiger partial charge in [0.15, 0.2) is 0 Å². The van der Waals surface area contributed by atoms with Crippen molar-refractivity contribution in [2.45, 2.75) is 6.92 Å². The van der Waals surface area contributed by atoms with Crippen molar-refractivity contribution in [2.24, 2.45) is 7.05 Å². The predicted molar refractivity (Wildman–Crippen MR) is 83.3 cm³/mol. The summed E-state index contributed by atoms with van der Waals surface area (Å²) in [6.45, 7) is 1.92. The van der Waals surface area contributed by atoms with Crippen LogP contribution >= 0.6 is 15.9 Å². The molecular weight excluding hydrogens is 350 g/mol. The third kappa shape index (κ3) is 2.91. The summed E-state index contributed by atoms with van der Waals surface area (Å²) in [5, 5.41) is 14.5. The Bertz CT molecular complexity index is 803. The second-order valence-corrected chi connectivity index (χ2v) is 5.58. The average Bonchev–Trinajstić information content (AvgIpc) is 3.07. The lowest BCUT2D eigenvalue weighted by molar-refractivity contribution is 0.102. The molecule has 3 aromatic rings. The first-order valence-corrected chi connectivity index (χ1v) is 7.23. The maximum Gasteiger partial charge on any atom is 0.322 e. The summed E-state index contributed by atoms with van der Waals surface area (Å²) in [5.74, 6) is -0.0605. The molecule has 0 aliphatic rings. The van der Waals surface area contributed by atoms with Crippen LogP contribution in [0.4, 0.5) is 6.01 Å². The van der Waals surface area contributed by atoms with Gasteiger partial charge in [0.25, 0.3) is 11.8 Å². The van der Waals surface area contributed by atoms with Gasteiger partial charge in [0.2, 0.25) is 0 Å². The fraction of sp³-hybridized carbons (Fsp3) is 0.143. The van der Waals surface area contributed by atoms with E-state index in [1.165, 1.54) is 0 Å². The third-order valence-electron chi connectivity index (χ3n) is 3.08. The molecule has 0 radical (unpaired) electrons. The minimum atomic E-state index is -0.320. The third-order valence-corrected chi connectivity index (χ3v) is 3.61. The van der Waals surface area contributed by atoms with Crippen molar-refractivity contribution < 1.29 is 9.21 Å². The fourth-order valence-electron chi connectivity index (χ4n) is 1.81. The highest BCUT2D eigenvalue weighted by atomic mass is 79.9. The van der Waals surface area contributed by atoms with E-state index in [0.29, 0.717) is 11.3 Å². The molecule has 0 spiro atoms. The molecule has 0 unspecified atom stereocenters. The molecule has 0 saturated heterocycles. The molecule has 3 rings (SSSR count). The molecule has 8 heteroatoms. The average molecular weight is 362 g/mol. The summed E-state index contributed by atoms with van der Waals surface area (Å²) in [4.78, 5) is 12.1. The Kier molecular flexibility index (Phi) is 3.76. The minimum absolute atomic E-state index is 0.0335. The molecule has 7 nitrogen and oxygen atoms in total. The molecule has 1 amide bonds. The van der Waals surface area contributed by atoms with Gasteiger partial charge in [-0.25, -0.2) is 0 Å². The van der Waals surface area contributed by atoms with Gasteiger partial charge in [-0.05, 0) is 37.3 Å². The maximum absolute atomic E-state index is 12.1. The van der Waals surface area contributed by atoms with E-state index >= 15 is 0 Å². The summed E-state index contributed by atoms with van der Waals surface area (Å²) in [5.41, 5.74) is 2.03. The monoisotopic (exact) mass is 361 g/mol. The van der Waals surface area contributed by atoms with Gasteiger partial charge in [-0.3, -0.25) is 14.8 Å². The fourth-order valence-corrected chi connectivity index (χ4v) is 2.08.